The molecular formula is C14H13N3O2S. The number of sulfone groups is 1. The molecule has 1 N–H and O–H groups in total. The van der Waals surface area contributed by atoms with Crippen LogP contribution in [0.5, 0.6) is 0 Å². The van der Waals surface area contributed by atoms with Crippen molar-refractivity contribution in [3.8, 4) is 6.07 Å². The second-order valence-electron chi connectivity index (χ2n) is 4.32. The Labute approximate surface area is 117 Å². The highest BCUT2D eigenvalue weighted by atomic mass is 32.2. The smallest absolute Gasteiger partial charge is 0.192 e. The Hall–Kier alpha value is -2.39. The van der Waals surface area contributed by atoms with Gasteiger partial charge in [0.1, 0.15) is 0 Å². The van der Waals surface area contributed by atoms with Crippen LogP contribution >= 0.6 is 0 Å². The molecule has 6 heteroatoms. The van der Waals surface area contributed by atoms with Crippen molar-refractivity contribution < 1.29 is 8.42 Å². The van der Waals surface area contributed by atoms with Crippen LogP contribution in [0.2, 0.25) is 0 Å². The quantitative estimate of drug-likeness (QED) is 0.929. The fraction of sp³-hybridized carbons (Fsp3) is 0.143. The normalized spacial score (nSPS) is 10.8. The molecule has 2 aromatic rings. The SMILES string of the molecule is CS(=O)(=O)c1ccc(NCc2ccc(C#N)cc2)cn1. The maximum atomic E-state index is 11.3. The minimum Gasteiger partial charge on any atom is -0.380 e. The largest absolute Gasteiger partial charge is 0.380 e. The molecule has 5 nitrogen and oxygen atoms in total. The number of pyridine rings is 1. The summed E-state index contributed by atoms with van der Waals surface area (Å²) in [5, 5.41) is 11.9. The van der Waals surface area contributed by atoms with Crippen molar-refractivity contribution in [2.45, 2.75) is 11.6 Å². The number of aromatic nitrogens is 1. The highest BCUT2D eigenvalue weighted by molar-refractivity contribution is 7.90. The minimum absolute atomic E-state index is 0.0569. The zero-order chi connectivity index (χ0) is 14.6. The highest BCUT2D eigenvalue weighted by Crippen LogP contribution is 2.12. The summed E-state index contributed by atoms with van der Waals surface area (Å²) in [6, 6.07) is 12.4. The molecule has 0 saturated carbocycles. The summed E-state index contributed by atoms with van der Waals surface area (Å²) >= 11 is 0. The van der Waals surface area contributed by atoms with Gasteiger partial charge < -0.3 is 5.32 Å². The van der Waals surface area contributed by atoms with E-state index in [1.807, 2.05) is 12.1 Å². The first-order chi connectivity index (χ1) is 9.49. The molecule has 0 amide bonds. The van der Waals surface area contributed by atoms with Gasteiger partial charge in [0, 0.05) is 12.8 Å². The molecule has 0 bridgehead atoms. The number of anilines is 1. The van der Waals surface area contributed by atoms with Crippen LogP contribution in [-0.2, 0) is 16.4 Å². The summed E-state index contributed by atoms with van der Waals surface area (Å²) in [6.45, 7) is 0.575. The standard InChI is InChI=1S/C14H13N3O2S/c1-20(18,19)14-7-6-13(10-17-14)16-9-12-4-2-11(8-15)3-5-12/h2-7,10,16H,9H2,1H3. The molecule has 1 heterocycles. The average Bonchev–Trinajstić information content (AvgIpc) is 2.45. The predicted octanol–water partition coefficient (Wildman–Crippen LogP) is 1.97. The zero-order valence-electron chi connectivity index (χ0n) is 10.9. The van der Waals surface area contributed by atoms with Crippen LogP contribution in [0, 0.1) is 11.3 Å². The van der Waals surface area contributed by atoms with E-state index in [-0.39, 0.29) is 5.03 Å². The summed E-state index contributed by atoms with van der Waals surface area (Å²) in [4.78, 5) is 3.90. The van der Waals surface area contributed by atoms with Crippen molar-refractivity contribution in [3.05, 3.63) is 53.7 Å². The number of hydrogen-bond donors (Lipinski definition) is 1. The third-order valence-electron chi connectivity index (χ3n) is 2.70. The Kier molecular flexibility index (Phi) is 4.01. The number of benzene rings is 1. The van der Waals surface area contributed by atoms with Gasteiger partial charge in [-0.2, -0.15) is 5.26 Å². The van der Waals surface area contributed by atoms with Gasteiger partial charge in [-0.3, -0.25) is 0 Å². The Morgan fingerprint density at radius 1 is 1.20 bits per heavy atom. The molecule has 1 aromatic carbocycles. The van der Waals surface area contributed by atoms with Crippen molar-refractivity contribution in [3.63, 3.8) is 0 Å². The van der Waals surface area contributed by atoms with Crippen molar-refractivity contribution in [1.82, 2.24) is 4.98 Å². The van der Waals surface area contributed by atoms with E-state index in [9.17, 15) is 8.42 Å². The van der Waals surface area contributed by atoms with Gasteiger partial charge in [-0.05, 0) is 29.8 Å². The molecule has 0 spiro atoms. The van der Waals surface area contributed by atoms with Gasteiger partial charge in [0.25, 0.3) is 0 Å². The van der Waals surface area contributed by atoms with Crippen LogP contribution in [0.4, 0.5) is 5.69 Å². The van der Waals surface area contributed by atoms with E-state index in [2.05, 4.69) is 16.4 Å². The molecule has 102 valence electrons. The molecule has 0 atom stereocenters. The lowest BCUT2D eigenvalue weighted by molar-refractivity contribution is 0.598. The van der Waals surface area contributed by atoms with Gasteiger partial charge in [-0.15, -0.1) is 0 Å². The van der Waals surface area contributed by atoms with E-state index in [1.54, 1.807) is 18.2 Å². The second-order valence-corrected chi connectivity index (χ2v) is 6.28. The molecule has 0 aliphatic carbocycles. The molecule has 20 heavy (non-hydrogen) atoms. The lowest BCUT2D eigenvalue weighted by atomic mass is 10.1. The van der Waals surface area contributed by atoms with Crippen molar-refractivity contribution in [2.24, 2.45) is 0 Å². The zero-order valence-corrected chi connectivity index (χ0v) is 11.7. The lowest BCUT2D eigenvalue weighted by Crippen LogP contribution is -2.03. The van der Waals surface area contributed by atoms with Gasteiger partial charge >= 0.3 is 0 Å². The topological polar surface area (TPSA) is 82.9 Å². The molecule has 2 rings (SSSR count). The summed E-state index contributed by atoms with van der Waals surface area (Å²) in [7, 11) is -3.26. The molecule has 0 aliphatic heterocycles. The van der Waals surface area contributed by atoms with E-state index in [1.165, 1.54) is 12.3 Å². The molecule has 0 saturated heterocycles. The monoisotopic (exact) mass is 287 g/mol. The van der Waals surface area contributed by atoms with E-state index in [0.29, 0.717) is 12.1 Å². The first-order valence-electron chi connectivity index (χ1n) is 5.88. The predicted molar refractivity (Wildman–Crippen MR) is 75.8 cm³/mol. The fourth-order valence-corrected chi connectivity index (χ4v) is 2.16. The van der Waals surface area contributed by atoms with Crippen LogP contribution < -0.4 is 5.32 Å². The Balaban J connectivity index is 2.02. The average molecular weight is 287 g/mol. The summed E-state index contributed by atoms with van der Waals surface area (Å²) in [5.41, 5.74) is 2.38. The third-order valence-corrected chi connectivity index (χ3v) is 3.70. The number of rotatable bonds is 4. The van der Waals surface area contributed by atoms with Gasteiger partial charge in [-0.25, -0.2) is 13.4 Å². The van der Waals surface area contributed by atoms with Crippen LogP contribution in [-0.4, -0.2) is 19.7 Å². The number of nitrogens with one attached hydrogen (secondary N) is 1. The maximum Gasteiger partial charge on any atom is 0.192 e. The maximum absolute atomic E-state index is 11.3. The Morgan fingerprint density at radius 2 is 1.90 bits per heavy atom. The highest BCUT2D eigenvalue weighted by Gasteiger charge is 2.07. The van der Waals surface area contributed by atoms with Gasteiger partial charge in [0.2, 0.25) is 0 Å². The molecule has 0 radical (unpaired) electrons. The number of nitrogens with zero attached hydrogens (tertiary/aromatic N) is 2. The molecule has 1 aromatic heterocycles. The summed E-state index contributed by atoms with van der Waals surface area (Å²) in [5.74, 6) is 0. The number of hydrogen-bond acceptors (Lipinski definition) is 5. The second kappa shape index (κ2) is 5.72. The van der Waals surface area contributed by atoms with Crippen LogP contribution in [0.25, 0.3) is 0 Å². The van der Waals surface area contributed by atoms with Gasteiger partial charge in [0.15, 0.2) is 14.9 Å². The molecule has 0 unspecified atom stereocenters. The first-order valence-corrected chi connectivity index (χ1v) is 7.77. The van der Waals surface area contributed by atoms with Gasteiger partial charge in [-0.1, -0.05) is 12.1 Å². The van der Waals surface area contributed by atoms with Crippen molar-refractivity contribution in [1.29, 1.82) is 5.26 Å². The van der Waals surface area contributed by atoms with Crippen LogP contribution in [0.1, 0.15) is 11.1 Å². The lowest BCUT2D eigenvalue weighted by Gasteiger charge is -2.06. The van der Waals surface area contributed by atoms with Gasteiger partial charge in [0.05, 0.1) is 23.5 Å². The van der Waals surface area contributed by atoms with E-state index in [0.717, 1.165) is 17.5 Å². The number of nitriles is 1. The van der Waals surface area contributed by atoms with Crippen molar-refractivity contribution in [2.75, 3.05) is 11.6 Å². The summed E-state index contributed by atoms with van der Waals surface area (Å²) < 4.78 is 22.5. The Morgan fingerprint density at radius 3 is 2.40 bits per heavy atom. The third kappa shape index (κ3) is 3.56. The first kappa shape index (κ1) is 14.0. The molecule has 0 fully saturated rings. The molecular weight excluding hydrogens is 274 g/mol. The molecule has 0 aliphatic rings. The van der Waals surface area contributed by atoms with E-state index in [4.69, 9.17) is 5.26 Å². The Bertz CT molecular complexity index is 729. The minimum atomic E-state index is -3.26. The van der Waals surface area contributed by atoms with Crippen molar-refractivity contribution >= 4 is 15.5 Å². The summed E-state index contributed by atoms with van der Waals surface area (Å²) in [6.07, 6.45) is 2.61. The van der Waals surface area contributed by atoms with Crippen LogP contribution in [0.15, 0.2) is 47.6 Å². The van der Waals surface area contributed by atoms with Crippen LogP contribution in [0.3, 0.4) is 0 Å². The fourth-order valence-electron chi connectivity index (χ4n) is 1.61. The van der Waals surface area contributed by atoms with E-state index < -0.39 is 9.84 Å². The van der Waals surface area contributed by atoms with E-state index >= 15 is 0 Å².